The van der Waals surface area contributed by atoms with Crippen LogP contribution in [0, 0.1) is 0 Å². The van der Waals surface area contributed by atoms with E-state index in [1.54, 1.807) is 19.1 Å². The minimum Gasteiger partial charge on any atom is -0.490 e. The monoisotopic (exact) mass is 518 g/mol. The van der Waals surface area contributed by atoms with E-state index in [1.807, 2.05) is 79.7 Å². The molecule has 0 aromatic heterocycles. The maximum Gasteiger partial charge on any atom is 0.337 e. The summed E-state index contributed by atoms with van der Waals surface area (Å²) in [5.74, 6) is 0.773. The van der Waals surface area contributed by atoms with Crippen LogP contribution < -0.4 is 9.47 Å². The predicted octanol–water partition coefficient (Wildman–Crippen LogP) is 5.66. The topological polar surface area (TPSA) is 80.3 Å². The normalized spacial score (nSPS) is 11.7. The van der Waals surface area contributed by atoms with E-state index >= 15 is 0 Å². The predicted molar refractivity (Wildman–Crippen MR) is 145 cm³/mol. The summed E-state index contributed by atoms with van der Waals surface area (Å²) in [5, 5.41) is 0. The number of ether oxygens (including phenoxy) is 5. The molecule has 0 saturated carbocycles. The average Bonchev–Trinajstić information content (AvgIpc) is 2.95. The van der Waals surface area contributed by atoms with Crippen molar-refractivity contribution in [3.05, 3.63) is 101 Å². The largest absolute Gasteiger partial charge is 0.490 e. The molecule has 7 nitrogen and oxygen atoms in total. The van der Waals surface area contributed by atoms with Gasteiger partial charge in [-0.3, -0.25) is 0 Å². The van der Waals surface area contributed by atoms with Gasteiger partial charge < -0.3 is 23.7 Å². The Hall–Kier alpha value is -4.10. The second-order valence-electron chi connectivity index (χ2n) is 8.31. The molecule has 200 valence electrons. The lowest BCUT2D eigenvalue weighted by Crippen LogP contribution is -2.28. The van der Waals surface area contributed by atoms with Crippen molar-refractivity contribution in [2.75, 3.05) is 26.9 Å². The Kier molecular flexibility index (Phi) is 11.4. The summed E-state index contributed by atoms with van der Waals surface area (Å²) in [6.45, 7) is 5.20. The number of esters is 2. The van der Waals surface area contributed by atoms with Crippen molar-refractivity contribution in [2.24, 2.45) is 0 Å². The van der Waals surface area contributed by atoms with Gasteiger partial charge in [-0.2, -0.15) is 0 Å². The van der Waals surface area contributed by atoms with Gasteiger partial charge >= 0.3 is 11.9 Å². The summed E-state index contributed by atoms with van der Waals surface area (Å²) < 4.78 is 27.1. The maximum atomic E-state index is 12.1. The SMILES string of the molecule is CCOC(=O)[C@H](Cc1ccc(OCC=Cc2cccc(OCc3ccc(C(=O)OC)cc3)c2)cc1)OCC. The average molecular weight is 519 g/mol. The van der Waals surface area contributed by atoms with Crippen LogP contribution in [-0.2, 0) is 32.0 Å². The molecule has 0 aliphatic rings. The van der Waals surface area contributed by atoms with Crippen molar-refractivity contribution in [1.82, 2.24) is 0 Å². The molecule has 0 saturated heterocycles. The van der Waals surface area contributed by atoms with Crippen LogP contribution in [0.15, 0.2) is 78.9 Å². The van der Waals surface area contributed by atoms with Crippen molar-refractivity contribution in [1.29, 1.82) is 0 Å². The van der Waals surface area contributed by atoms with Crippen LogP contribution in [0.4, 0.5) is 0 Å². The fraction of sp³-hybridized carbons (Fsp3) is 0.290. The van der Waals surface area contributed by atoms with E-state index in [4.69, 9.17) is 23.7 Å². The van der Waals surface area contributed by atoms with Crippen LogP contribution >= 0.6 is 0 Å². The van der Waals surface area contributed by atoms with Crippen LogP contribution in [0.5, 0.6) is 11.5 Å². The minimum absolute atomic E-state index is 0.328. The molecule has 3 aromatic carbocycles. The fourth-order valence-corrected chi connectivity index (χ4v) is 3.64. The van der Waals surface area contributed by atoms with Gasteiger partial charge in [0, 0.05) is 13.0 Å². The summed E-state index contributed by atoms with van der Waals surface area (Å²) in [6.07, 6.45) is 3.74. The molecule has 0 bridgehead atoms. The first kappa shape index (κ1) is 28.5. The summed E-state index contributed by atoms with van der Waals surface area (Å²) in [6, 6.07) is 22.5. The third kappa shape index (κ3) is 9.09. The van der Waals surface area contributed by atoms with E-state index in [0.717, 1.165) is 28.2 Å². The second kappa shape index (κ2) is 15.2. The number of hydrogen-bond donors (Lipinski definition) is 0. The van der Waals surface area contributed by atoms with E-state index in [-0.39, 0.29) is 11.9 Å². The van der Waals surface area contributed by atoms with Crippen molar-refractivity contribution < 1.29 is 33.3 Å². The third-order valence-corrected chi connectivity index (χ3v) is 5.56. The number of rotatable bonds is 14. The Labute approximate surface area is 223 Å². The number of hydrogen-bond acceptors (Lipinski definition) is 7. The standard InChI is InChI=1S/C31H34O7/c1-4-35-29(31(33)36-5-2)21-24-13-17-27(18-14-24)37-19-7-9-23-8-6-10-28(20-23)38-22-25-11-15-26(16-12-25)30(32)34-3/h6-18,20,29H,4-5,19,21-22H2,1-3H3/t29-/m0/s1. The summed E-state index contributed by atoms with van der Waals surface area (Å²) in [5.41, 5.74) is 3.41. The first-order chi connectivity index (χ1) is 18.5. The van der Waals surface area contributed by atoms with Gasteiger partial charge in [0.1, 0.15) is 24.7 Å². The molecule has 0 aliphatic carbocycles. The Balaban J connectivity index is 1.46. The van der Waals surface area contributed by atoms with E-state index < -0.39 is 6.10 Å². The number of carbonyl (C=O) groups is 2. The molecule has 0 unspecified atom stereocenters. The highest BCUT2D eigenvalue weighted by Crippen LogP contribution is 2.18. The third-order valence-electron chi connectivity index (χ3n) is 5.56. The molecule has 7 heteroatoms. The fourth-order valence-electron chi connectivity index (χ4n) is 3.64. The Bertz CT molecular complexity index is 1180. The molecule has 0 amide bonds. The van der Waals surface area contributed by atoms with E-state index in [1.165, 1.54) is 7.11 Å². The maximum absolute atomic E-state index is 12.1. The number of methoxy groups -OCH3 is 1. The molecule has 38 heavy (non-hydrogen) atoms. The quantitative estimate of drug-likeness (QED) is 0.255. The molecule has 0 fully saturated rings. The lowest BCUT2D eigenvalue weighted by Gasteiger charge is -2.15. The van der Waals surface area contributed by atoms with E-state index in [2.05, 4.69) is 0 Å². The van der Waals surface area contributed by atoms with Crippen molar-refractivity contribution in [2.45, 2.75) is 33.0 Å². The van der Waals surface area contributed by atoms with Gasteiger partial charge in [0.2, 0.25) is 0 Å². The molecule has 1 atom stereocenters. The molecule has 0 aliphatic heterocycles. The van der Waals surface area contributed by atoms with Gasteiger partial charge in [-0.1, -0.05) is 42.5 Å². The highest BCUT2D eigenvalue weighted by Gasteiger charge is 2.20. The molecule has 0 spiro atoms. The van der Waals surface area contributed by atoms with Gasteiger partial charge in [0.05, 0.1) is 19.3 Å². The molecule has 3 aromatic rings. The van der Waals surface area contributed by atoms with Gasteiger partial charge in [-0.25, -0.2) is 9.59 Å². The van der Waals surface area contributed by atoms with Crippen molar-refractivity contribution >= 4 is 18.0 Å². The molecule has 0 radical (unpaired) electrons. The van der Waals surface area contributed by atoms with Gasteiger partial charge in [0.15, 0.2) is 6.10 Å². The second-order valence-corrected chi connectivity index (χ2v) is 8.31. The Morgan fingerprint density at radius 2 is 1.58 bits per heavy atom. The Morgan fingerprint density at radius 3 is 2.26 bits per heavy atom. The lowest BCUT2D eigenvalue weighted by atomic mass is 10.1. The van der Waals surface area contributed by atoms with Crippen LogP contribution in [-0.4, -0.2) is 45.0 Å². The van der Waals surface area contributed by atoms with Crippen molar-refractivity contribution in [3.8, 4) is 11.5 Å². The van der Waals surface area contributed by atoms with Crippen LogP contribution in [0.25, 0.3) is 6.08 Å². The first-order valence-electron chi connectivity index (χ1n) is 12.6. The summed E-state index contributed by atoms with van der Waals surface area (Å²) >= 11 is 0. The molecule has 3 rings (SSSR count). The van der Waals surface area contributed by atoms with E-state index in [9.17, 15) is 9.59 Å². The van der Waals surface area contributed by atoms with Crippen molar-refractivity contribution in [3.63, 3.8) is 0 Å². The Morgan fingerprint density at radius 1 is 0.842 bits per heavy atom. The number of carbonyl (C=O) groups excluding carboxylic acids is 2. The zero-order valence-electron chi connectivity index (χ0n) is 22.1. The van der Waals surface area contributed by atoms with Gasteiger partial charge in [-0.05, 0) is 73.0 Å². The molecular formula is C31H34O7. The highest BCUT2D eigenvalue weighted by molar-refractivity contribution is 5.89. The van der Waals surface area contributed by atoms with E-state index in [0.29, 0.717) is 38.4 Å². The lowest BCUT2D eigenvalue weighted by molar-refractivity contribution is -0.156. The zero-order chi connectivity index (χ0) is 27.2. The summed E-state index contributed by atoms with van der Waals surface area (Å²) in [7, 11) is 1.36. The molecule has 0 N–H and O–H groups in total. The van der Waals surface area contributed by atoms with Gasteiger partial charge in [0.25, 0.3) is 0 Å². The minimum atomic E-state index is -0.610. The molecular weight excluding hydrogens is 484 g/mol. The van der Waals surface area contributed by atoms with Crippen LogP contribution in [0.1, 0.15) is 40.9 Å². The van der Waals surface area contributed by atoms with Gasteiger partial charge in [-0.15, -0.1) is 0 Å². The first-order valence-corrected chi connectivity index (χ1v) is 12.6. The van der Waals surface area contributed by atoms with Crippen LogP contribution in [0.2, 0.25) is 0 Å². The smallest absolute Gasteiger partial charge is 0.337 e. The number of benzene rings is 3. The molecule has 0 heterocycles. The summed E-state index contributed by atoms with van der Waals surface area (Å²) in [4.78, 5) is 23.6. The zero-order valence-corrected chi connectivity index (χ0v) is 22.1. The highest BCUT2D eigenvalue weighted by atomic mass is 16.6. The van der Waals surface area contributed by atoms with Crippen LogP contribution in [0.3, 0.4) is 0 Å².